The first-order chi connectivity index (χ1) is 20.9. The molecule has 0 rings (SSSR count). The van der Waals surface area contributed by atoms with Crippen LogP contribution in [0.5, 0.6) is 0 Å². The lowest BCUT2D eigenvalue weighted by Gasteiger charge is -2.20. The number of rotatable bonds is 35. The summed E-state index contributed by atoms with van der Waals surface area (Å²) >= 11 is 0. The highest BCUT2D eigenvalue weighted by molar-refractivity contribution is 6.25. The third-order valence-corrected chi connectivity index (χ3v) is 9.13. The van der Waals surface area contributed by atoms with Crippen LogP contribution in [0.3, 0.4) is 0 Å². The van der Waals surface area contributed by atoms with Gasteiger partial charge in [0.1, 0.15) is 0 Å². The van der Waals surface area contributed by atoms with Crippen LogP contribution < -0.4 is 0 Å². The van der Waals surface area contributed by atoms with Gasteiger partial charge in [-0.3, -0.25) is 9.59 Å². The SMILES string of the molecule is CCCCCCCCCCCCCCCCCC(=O)C(O)(C(=O)O)C(=O)CCCCCCCCCCCCCCCCC. The normalized spacial score (nSPS) is 11.7. The van der Waals surface area contributed by atoms with E-state index in [1.54, 1.807) is 0 Å². The molecule has 0 aliphatic rings. The highest BCUT2D eigenvalue weighted by Crippen LogP contribution is 2.20. The van der Waals surface area contributed by atoms with Gasteiger partial charge in [0.2, 0.25) is 0 Å². The Morgan fingerprint density at radius 3 is 0.744 bits per heavy atom. The van der Waals surface area contributed by atoms with Crippen LogP contribution in [-0.4, -0.2) is 33.3 Å². The zero-order chi connectivity index (χ0) is 31.9. The number of Topliss-reactive ketones (excluding diaryl/α,β-unsaturated/α-hetero) is 2. The number of aliphatic carboxylic acids is 1. The van der Waals surface area contributed by atoms with Gasteiger partial charge in [0, 0.05) is 12.8 Å². The largest absolute Gasteiger partial charge is 0.478 e. The molecule has 0 aliphatic carbocycles. The molecule has 0 bridgehead atoms. The van der Waals surface area contributed by atoms with E-state index in [1.165, 1.54) is 141 Å². The van der Waals surface area contributed by atoms with Gasteiger partial charge in [0.05, 0.1) is 0 Å². The molecular formula is C38H72O5. The second-order valence-corrected chi connectivity index (χ2v) is 13.3. The van der Waals surface area contributed by atoms with Gasteiger partial charge in [-0.05, 0) is 12.8 Å². The van der Waals surface area contributed by atoms with Crippen molar-refractivity contribution < 1.29 is 24.6 Å². The Morgan fingerprint density at radius 1 is 0.372 bits per heavy atom. The fourth-order valence-electron chi connectivity index (χ4n) is 6.07. The van der Waals surface area contributed by atoms with E-state index in [4.69, 9.17) is 0 Å². The van der Waals surface area contributed by atoms with Crippen molar-refractivity contribution in [2.45, 2.75) is 225 Å². The molecule has 0 aromatic carbocycles. The highest BCUT2D eigenvalue weighted by atomic mass is 16.4. The van der Waals surface area contributed by atoms with Gasteiger partial charge in [-0.15, -0.1) is 0 Å². The van der Waals surface area contributed by atoms with E-state index in [2.05, 4.69) is 13.8 Å². The maximum atomic E-state index is 12.6. The van der Waals surface area contributed by atoms with E-state index in [0.29, 0.717) is 12.8 Å². The number of ketones is 2. The van der Waals surface area contributed by atoms with Crippen molar-refractivity contribution in [1.82, 2.24) is 0 Å². The summed E-state index contributed by atoms with van der Waals surface area (Å²) in [5.41, 5.74) is -2.87. The molecule has 0 aromatic rings. The molecule has 0 heterocycles. The Hall–Kier alpha value is -1.23. The summed E-state index contributed by atoms with van der Waals surface area (Å²) < 4.78 is 0. The van der Waals surface area contributed by atoms with Gasteiger partial charge in [0.15, 0.2) is 11.6 Å². The number of carbonyl (C=O) groups excluding carboxylic acids is 2. The van der Waals surface area contributed by atoms with Crippen LogP contribution in [0, 0.1) is 0 Å². The van der Waals surface area contributed by atoms with Crippen molar-refractivity contribution in [3.63, 3.8) is 0 Å². The molecule has 0 unspecified atom stereocenters. The summed E-state index contributed by atoms with van der Waals surface area (Å²) in [5.74, 6) is -3.41. The molecule has 0 aliphatic heterocycles. The first-order valence-corrected chi connectivity index (χ1v) is 18.9. The number of carboxylic acids is 1. The summed E-state index contributed by atoms with van der Waals surface area (Å²) in [6, 6.07) is 0. The highest BCUT2D eigenvalue weighted by Gasteiger charge is 2.49. The summed E-state index contributed by atoms with van der Waals surface area (Å²) in [5, 5.41) is 20.1. The molecule has 2 N–H and O–H groups in total. The molecule has 0 spiro atoms. The number of hydrogen-bond acceptors (Lipinski definition) is 4. The Balaban J connectivity index is 3.81. The average molecular weight is 609 g/mol. The zero-order valence-electron chi connectivity index (χ0n) is 28.7. The van der Waals surface area contributed by atoms with Gasteiger partial charge in [-0.2, -0.15) is 0 Å². The standard InChI is InChI=1S/C38H72O5/c1-3-5-7-9-11-13-15-17-19-21-23-25-27-29-31-33-35(39)38(43,37(41)42)36(40)34-32-30-28-26-24-22-20-18-16-14-12-10-8-6-4-2/h43H,3-34H2,1-2H3,(H,41,42). The number of unbranched alkanes of at least 4 members (excludes halogenated alkanes) is 28. The van der Waals surface area contributed by atoms with Crippen molar-refractivity contribution in [1.29, 1.82) is 0 Å². The second-order valence-electron chi connectivity index (χ2n) is 13.3. The minimum Gasteiger partial charge on any atom is -0.478 e. The fraction of sp³-hybridized carbons (Fsp3) is 0.921. The minimum atomic E-state index is -2.87. The van der Waals surface area contributed by atoms with Crippen molar-refractivity contribution in [2.24, 2.45) is 0 Å². The Bertz CT molecular complexity index is 613. The molecule has 0 saturated heterocycles. The lowest BCUT2D eigenvalue weighted by atomic mass is 9.87. The van der Waals surface area contributed by atoms with E-state index in [9.17, 15) is 24.6 Å². The van der Waals surface area contributed by atoms with Crippen LogP contribution in [0.15, 0.2) is 0 Å². The van der Waals surface area contributed by atoms with Crippen LogP contribution >= 0.6 is 0 Å². The lowest BCUT2D eigenvalue weighted by molar-refractivity contribution is -0.170. The smallest absolute Gasteiger partial charge is 0.351 e. The summed E-state index contributed by atoms with van der Waals surface area (Å²) in [6.07, 6.45) is 36.0. The van der Waals surface area contributed by atoms with Crippen molar-refractivity contribution in [2.75, 3.05) is 0 Å². The molecule has 0 amide bonds. The molecule has 0 radical (unpaired) electrons. The quantitative estimate of drug-likeness (QED) is 0.0551. The fourth-order valence-corrected chi connectivity index (χ4v) is 6.07. The Labute approximate surface area is 266 Å². The predicted octanol–water partition coefficient (Wildman–Crippen LogP) is 11.5. The van der Waals surface area contributed by atoms with Gasteiger partial charge in [0.25, 0.3) is 5.60 Å². The van der Waals surface area contributed by atoms with E-state index >= 15 is 0 Å². The minimum absolute atomic E-state index is 0.0499. The van der Waals surface area contributed by atoms with E-state index in [1.807, 2.05) is 0 Å². The van der Waals surface area contributed by atoms with Crippen molar-refractivity contribution >= 4 is 17.5 Å². The molecule has 0 aromatic heterocycles. The Morgan fingerprint density at radius 2 is 0.558 bits per heavy atom. The zero-order valence-corrected chi connectivity index (χ0v) is 28.7. The monoisotopic (exact) mass is 609 g/mol. The van der Waals surface area contributed by atoms with Crippen molar-refractivity contribution in [3.05, 3.63) is 0 Å². The third-order valence-electron chi connectivity index (χ3n) is 9.13. The first-order valence-electron chi connectivity index (χ1n) is 18.9. The van der Waals surface area contributed by atoms with Gasteiger partial charge in [-0.1, -0.05) is 194 Å². The van der Waals surface area contributed by atoms with Crippen LogP contribution in [0.2, 0.25) is 0 Å². The van der Waals surface area contributed by atoms with Crippen LogP contribution in [0.1, 0.15) is 219 Å². The first kappa shape index (κ1) is 41.8. The van der Waals surface area contributed by atoms with Gasteiger partial charge in [-0.25, -0.2) is 4.79 Å². The molecule has 43 heavy (non-hydrogen) atoms. The third kappa shape index (κ3) is 23.8. The van der Waals surface area contributed by atoms with Gasteiger partial charge < -0.3 is 10.2 Å². The summed E-state index contributed by atoms with van der Waals surface area (Å²) in [4.78, 5) is 36.9. The maximum absolute atomic E-state index is 12.6. The second kappa shape index (κ2) is 30.8. The van der Waals surface area contributed by atoms with E-state index in [0.717, 1.165) is 38.5 Å². The molecule has 5 heteroatoms. The number of hydrogen-bond donors (Lipinski definition) is 2. The maximum Gasteiger partial charge on any atom is 0.351 e. The van der Waals surface area contributed by atoms with Gasteiger partial charge >= 0.3 is 5.97 Å². The van der Waals surface area contributed by atoms with Crippen LogP contribution in [0.4, 0.5) is 0 Å². The average Bonchev–Trinajstić information content (AvgIpc) is 3.00. The molecule has 0 fully saturated rings. The molecular weight excluding hydrogens is 536 g/mol. The molecule has 0 saturated carbocycles. The summed E-state index contributed by atoms with van der Waals surface area (Å²) in [6.45, 7) is 4.51. The predicted molar refractivity (Wildman–Crippen MR) is 182 cm³/mol. The molecule has 0 atom stereocenters. The van der Waals surface area contributed by atoms with Crippen LogP contribution in [0.25, 0.3) is 0 Å². The number of carbonyl (C=O) groups is 3. The van der Waals surface area contributed by atoms with Crippen LogP contribution in [-0.2, 0) is 14.4 Å². The Kier molecular flexibility index (Phi) is 29.9. The lowest BCUT2D eigenvalue weighted by Crippen LogP contribution is -2.53. The van der Waals surface area contributed by atoms with Crippen molar-refractivity contribution in [3.8, 4) is 0 Å². The number of aliphatic hydroxyl groups is 1. The molecule has 254 valence electrons. The molecule has 5 nitrogen and oxygen atoms in total. The number of carboxylic acid groups (broad SMARTS) is 1. The summed E-state index contributed by atoms with van der Waals surface area (Å²) in [7, 11) is 0. The van der Waals surface area contributed by atoms with E-state index in [-0.39, 0.29) is 12.8 Å². The topological polar surface area (TPSA) is 91.7 Å². The van der Waals surface area contributed by atoms with E-state index < -0.39 is 23.1 Å².